The van der Waals surface area contributed by atoms with E-state index in [-0.39, 0.29) is 18.9 Å². The fourth-order valence-electron chi connectivity index (χ4n) is 2.82. The molecule has 0 saturated heterocycles. The molecule has 0 spiro atoms. The van der Waals surface area contributed by atoms with Gasteiger partial charge in [0.2, 0.25) is 6.10 Å². The van der Waals surface area contributed by atoms with Crippen LogP contribution in [0.25, 0.3) is 6.08 Å². The van der Waals surface area contributed by atoms with Gasteiger partial charge in [0.1, 0.15) is 5.75 Å². The molecule has 1 aliphatic rings. The molecule has 0 fully saturated rings. The van der Waals surface area contributed by atoms with Crippen molar-refractivity contribution in [1.82, 2.24) is 0 Å². The van der Waals surface area contributed by atoms with E-state index in [1.807, 2.05) is 0 Å². The maximum absolute atomic E-state index is 11.6. The summed E-state index contributed by atoms with van der Waals surface area (Å²) < 4.78 is 21.4. The van der Waals surface area contributed by atoms with Crippen LogP contribution in [0.5, 0.6) is 17.2 Å². The van der Waals surface area contributed by atoms with Gasteiger partial charge in [-0.05, 0) is 25.1 Å². The summed E-state index contributed by atoms with van der Waals surface area (Å²) in [5, 5.41) is 11.6. The first-order chi connectivity index (χ1) is 13.5. The van der Waals surface area contributed by atoms with Gasteiger partial charge >= 0.3 is 5.97 Å². The number of hydrogen-bond donors (Lipinski definition) is 0. The Kier molecular flexibility index (Phi) is 5.78. The lowest BCUT2D eigenvalue weighted by molar-refractivity contribution is -0.434. The molecule has 0 radical (unpaired) electrons. The number of esters is 1. The smallest absolute Gasteiger partial charge is 0.344 e. The Bertz CT molecular complexity index is 905. The zero-order valence-electron chi connectivity index (χ0n) is 15.4. The third kappa shape index (κ3) is 4.06. The molecule has 0 unspecified atom stereocenters. The van der Waals surface area contributed by atoms with E-state index in [9.17, 15) is 14.9 Å². The predicted molar refractivity (Wildman–Crippen MR) is 99.9 cm³/mol. The number of rotatable bonds is 7. The third-order valence-electron chi connectivity index (χ3n) is 4.09. The first-order valence-electron chi connectivity index (χ1n) is 8.61. The Labute approximate surface area is 161 Å². The largest absolute Gasteiger partial charge is 0.493 e. The third-order valence-corrected chi connectivity index (χ3v) is 4.09. The molecule has 0 aromatic heterocycles. The molecule has 3 rings (SSSR count). The van der Waals surface area contributed by atoms with Gasteiger partial charge < -0.3 is 18.9 Å². The Balaban J connectivity index is 1.84. The molecule has 1 heterocycles. The fourth-order valence-corrected chi connectivity index (χ4v) is 2.82. The number of fused-ring (bicyclic) bond motifs is 1. The van der Waals surface area contributed by atoms with Crippen LogP contribution in [0.3, 0.4) is 0 Å². The highest BCUT2D eigenvalue weighted by Crippen LogP contribution is 2.42. The Morgan fingerprint density at radius 1 is 1.21 bits per heavy atom. The number of hydrogen-bond acceptors (Lipinski definition) is 7. The maximum Gasteiger partial charge on any atom is 0.344 e. The quantitative estimate of drug-likeness (QED) is 0.409. The molecule has 2 aromatic carbocycles. The van der Waals surface area contributed by atoms with E-state index in [4.69, 9.17) is 18.9 Å². The van der Waals surface area contributed by atoms with Crippen molar-refractivity contribution in [2.24, 2.45) is 0 Å². The molecule has 0 amide bonds. The van der Waals surface area contributed by atoms with Gasteiger partial charge in [-0.25, -0.2) is 4.79 Å². The van der Waals surface area contributed by atoms with E-state index < -0.39 is 17.0 Å². The van der Waals surface area contributed by atoms with Crippen LogP contribution in [0.4, 0.5) is 0 Å². The first-order valence-corrected chi connectivity index (χ1v) is 8.61. The molecule has 146 valence electrons. The van der Waals surface area contributed by atoms with E-state index >= 15 is 0 Å². The summed E-state index contributed by atoms with van der Waals surface area (Å²) >= 11 is 0. The lowest BCUT2D eigenvalue weighted by Crippen LogP contribution is -2.20. The SMILES string of the molecule is CCOC(=O)COc1ccc([C@@H]2Oc3c(cccc3OC)C=C2[N+](=O)[O-])cc1. The van der Waals surface area contributed by atoms with Crippen LogP contribution in [0.2, 0.25) is 0 Å². The van der Waals surface area contributed by atoms with Gasteiger partial charge in [-0.15, -0.1) is 0 Å². The number of carbonyl (C=O) groups excluding carboxylic acids is 1. The van der Waals surface area contributed by atoms with E-state index in [1.165, 1.54) is 13.2 Å². The Morgan fingerprint density at radius 3 is 2.61 bits per heavy atom. The zero-order chi connectivity index (χ0) is 20.1. The van der Waals surface area contributed by atoms with Gasteiger partial charge in [0.05, 0.1) is 18.6 Å². The molecule has 1 atom stereocenters. The lowest BCUT2D eigenvalue weighted by Gasteiger charge is -2.24. The van der Waals surface area contributed by atoms with Gasteiger partial charge in [-0.1, -0.05) is 24.3 Å². The van der Waals surface area contributed by atoms with Crippen LogP contribution in [0.1, 0.15) is 24.2 Å². The van der Waals surface area contributed by atoms with Crippen LogP contribution < -0.4 is 14.2 Å². The first kappa shape index (κ1) is 19.2. The summed E-state index contributed by atoms with van der Waals surface area (Å²) in [5.74, 6) is 0.917. The molecule has 8 nitrogen and oxygen atoms in total. The number of para-hydroxylation sites is 1. The molecule has 28 heavy (non-hydrogen) atoms. The van der Waals surface area contributed by atoms with Crippen LogP contribution >= 0.6 is 0 Å². The standard InChI is InChI=1S/C20H19NO7/c1-3-26-18(22)12-27-15-9-7-13(8-10-15)19-16(21(23)24)11-14-5-4-6-17(25-2)20(14)28-19/h4-11,19H,3,12H2,1-2H3/t19-/m0/s1. The number of carbonyl (C=O) groups is 1. The molecule has 0 bridgehead atoms. The van der Waals surface area contributed by atoms with E-state index in [0.717, 1.165) is 0 Å². The molecule has 1 aliphatic heterocycles. The molecule has 2 aromatic rings. The van der Waals surface area contributed by atoms with E-state index in [0.29, 0.717) is 28.4 Å². The second-order valence-electron chi connectivity index (χ2n) is 5.87. The van der Waals surface area contributed by atoms with Crippen molar-refractivity contribution < 1.29 is 28.7 Å². The van der Waals surface area contributed by atoms with Crippen molar-refractivity contribution in [3.63, 3.8) is 0 Å². The van der Waals surface area contributed by atoms with Crippen LogP contribution in [-0.2, 0) is 9.53 Å². The van der Waals surface area contributed by atoms with Gasteiger partial charge in [-0.3, -0.25) is 10.1 Å². The molecule has 0 aliphatic carbocycles. The van der Waals surface area contributed by atoms with E-state index in [1.54, 1.807) is 49.4 Å². The molecule has 8 heteroatoms. The fraction of sp³-hybridized carbons (Fsp3) is 0.250. The maximum atomic E-state index is 11.6. The van der Waals surface area contributed by atoms with Crippen molar-refractivity contribution in [3.8, 4) is 17.2 Å². The minimum atomic E-state index is -0.905. The average molecular weight is 385 g/mol. The van der Waals surface area contributed by atoms with Crippen molar-refractivity contribution in [3.05, 3.63) is 69.4 Å². The monoisotopic (exact) mass is 385 g/mol. The van der Waals surface area contributed by atoms with Crippen molar-refractivity contribution >= 4 is 12.0 Å². The highest BCUT2D eigenvalue weighted by atomic mass is 16.6. The van der Waals surface area contributed by atoms with Crippen molar-refractivity contribution in [2.45, 2.75) is 13.0 Å². The summed E-state index contributed by atoms with van der Waals surface area (Å²) in [6.45, 7) is 1.78. The Hall–Kier alpha value is -3.55. The number of methoxy groups -OCH3 is 1. The second kappa shape index (κ2) is 8.43. The average Bonchev–Trinajstić information content (AvgIpc) is 2.71. The predicted octanol–water partition coefficient (Wildman–Crippen LogP) is 3.39. The molecular formula is C20H19NO7. The van der Waals surface area contributed by atoms with Gasteiger partial charge in [0, 0.05) is 17.2 Å². The lowest BCUT2D eigenvalue weighted by atomic mass is 10.0. The zero-order valence-corrected chi connectivity index (χ0v) is 15.4. The minimum absolute atomic E-state index is 0.0825. The minimum Gasteiger partial charge on any atom is -0.493 e. The molecule has 0 saturated carbocycles. The molecular weight excluding hydrogens is 366 g/mol. The summed E-state index contributed by atoms with van der Waals surface area (Å²) in [4.78, 5) is 22.5. The van der Waals surface area contributed by atoms with Crippen LogP contribution in [-0.4, -0.2) is 31.2 Å². The number of nitrogens with zero attached hydrogens (tertiary/aromatic N) is 1. The van der Waals surface area contributed by atoms with Gasteiger partial charge in [0.25, 0.3) is 5.70 Å². The van der Waals surface area contributed by atoms with Gasteiger partial charge in [-0.2, -0.15) is 0 Å². The summed E-state index contributed by atoms with van der Waals surface area (Å²) in [5.41, 5.74) is 1.07. The highest BCUT2D eigenvalue weighted by molar-refractivity contribution is 5.71. The van der Waals surface area contributed by atoms with E-state index in [2.05, 4.69) is 0 Å². The summed E-state index contributed by atoms with van der Waals surface area (Å²) in [7, 11) is 1.51. The number of nitro groups is 1. The van der Waals surface area contributed by atoms with Crippen molar-refractivity contribution in [1.29, 1.82) is 0 Å². The Morgan fingerprint density at radius 2 is 1.96 bits per heavy atom. The topological polar surface area (TPSA) is 97.1 Å². The highest BCUT2D eigenvalue weighted by Gasteiger charge is 2.34. The normalized spacial score (nSPS) is 14.9. The van der Waals surface area contributed by atoms with Gasteiger partial charge in [0.15, 0.2) is 18.1 Å². The summed E-state index contributed by atoms with van der Waals surface area (Å²) in [6.07, 6.45) is 0.579. The number of benzene rings is 2. The van der Waals surface area contributed by atoms with Crippen molar-refractivity contribution in [2.75, 3.05) is 20.3 Å². The van der Waals surface area contributed by atoms with Crippen LogP contribution in [0, 0.1) is 10.1 Å². The summed E-state index contributed by atoms with van der Waals surface area (Å²) in [6, 6.07) is 11.7. The number of ether oxygens (including phenoxy) is 4. The second-order valence-corrected chi connectivity index (χ2v) is 5.87. The molecule has 0 N–H and O–H groups in total. The van der Waals surface area contributed by atoms with Crippen LogP contribution in [0.15, 0.2) is 48.2 Å².